The van der Waals surface area contributed by atoms with Crippen LogP contribution in [-0.2, 0) is 19.6 Å². The second kappa shape index (κ2) is 7.21. The molecule has 0 heterocycles. The van der Waals surface area contributed by atoms with Crippen molar-refractivity contribution in [2.75, 3.05) is 13.4 Å². The van der Waals surface area contributed by atoms with Crippen LogP contribution in [0, 0.1) is 0 Å². The van der Waals surface area contributed by atoms with Gasteiger partial charge in [0.2, 0.25) is 0 Å². The summed E-state index contributed by atoms with van der Waals surface area (Å²) in [6.07, 6.45) is 8.37. The van der Waals surface area contributed by atoms with Gasteiger partial charge in [-0.1, -0.05) is 18.2 Å². The summed E-state index contributed by atoms with van der Waals surface area (Å²) in [5.74, 6) is -0.364. The molecule has 0 saturated carbocycles. The van der Waals surface area contributed by atoms with E-state index >= 15 is 0 Å². The zero-order chi connectivity index (χ0) is 13.5. The van der Waals surface area contributed by atoms with Crippen molar-refractivity contribution in [3.8, 4) is 0 Å². The van der Waals surface area contributed by atoms with Crippen LogP contribution in [0.4, 0.5) is 0 Å². The third-order valence-electron chi connectivity index (χ3n) is 1.89. The van der Waals surface area contributed by atoms with E-state index in [2.05, 4.69) is 4.74 Å². The Balaban J connectivity index is 0.000000437. The molecule has 6 nitrogen and oxygen atoms in total. The molecule has 1 aliphatic rings. The number of hydrogen-bond acceptors (Lipinski definition) is 5. The number of methoxy groups -OCH3 is 1. The lowest BCUT2D eigenvalue weighted by molar-refractivity contribution is -0.141. The van der Waals surface area contributed by atoms with Gasteiger partial charge >= 0.3 is 5.97 Å². The highest BCUT2D eigenvalue weighted by atomic mass is 32.2. The molecule has 0 bridgehead atoms. The molecule has 0 aromatic carbocycles. The van der Waals surface area contributed by atoms with Crippen LogP contribution >= 0.6 is 0 Å². The number of rotatable bonds is 2. The molecule has 0 aromatic heterocycles. The molecule has 0 fully saturated rings. The maximum atomic E-state index is 11.0. The number of esters is 1. The van der Waals surface area contributed by atoms with Gasteiger partial charge in [0.15, 0.2) is 0 Å². The summed E-state index contributed by atoms with van der Waals surface area (Å²) in [6, 6.07) is -0.583. The van der Waals surface area contributed by atoms with Crippen molar-refractivity contribution in [2.24, 2.45) is 5.73 Å². The van der Waals surface area contributed by atoms with Gasteiger partial charge in [0.25, 0.3) is 10.1 Å². The first-order valence-electron chi connectivity index (χ1n) is 4.85. The fourth-order valence-corrected chi connectivity index (χ4v) is 1.15. The van der Waals surface area contributed by atoms with Gasteiger partial charge in [-0.15, -0.1) is 0 Å². The van der Waals surface area contributed by atoms with Gasteiger partial charge in [-0.3, -0.25) is 9.35 Å². The van der Waals surface area contributed by atoms with E-state index in [1.165, 1.54) is 7.11 Å². The first-order valence-corrected chi connectivity index (χ1v) is 6.70. The SMILES string of the molecule is COC(=O)[C@H](N)C1=CCC=CC1.CS(=O)(=O)O. The quantitative estimate of drug-likeness (QED) is 0.420. The van der Waals surface area contributed by atoms with Gasteiger partial charge in [0.1, 0.15) is 6.04 Å². The summed E-state index contributed by atoms with van der Waals surface area (Å²) < 4.78 is 30.4. The maximum Gasteiger partial charge on any atom is 0.326 e. The second-order valence-corrected chi connectivity index (χ2v) is 4.89. The summed E-state index contributed by atoms with van der Waals surface area (Å²) in [5, 5.41) is 0. The minimum Gasteiger partial charge on any atom is -0.468 e. The summed E-state index contributed by atoms with van der Waals surface area (Å²) in [7, 11) is -2.32. The van der Waals surface area contributed by atoms with Crippen molar-refractivity contribution in [1.82, 2.24) is 0 Å². The van der Waals surface area contributed by atoms with Crippen molar-refractivity contribution in [1.29, 1.82) is 0 Å². The lowest BCUT2D eigenvalue weighted by Gasteiger charge is -2.14. The van der Waals surface area contributed by atoms with Crippen LogP contribution in [0.5, 0.6) is 0 Å². The van der Waals surface area contributed by atoms with Crippen LogP contribution in [0.3, 0.4) is 0 Å². The number of ether oxygens (including phenoxy) is 1. The topological polar surface area (TPSA) is 107 Å². The molecule has 98 valence electrons. The lowest BCUT2D eigenvalue weighted by Crippen LogP contribution is -2.33. The molecule has 0 aliphatic heterocycles. The van der Waals surface area contributed by atoms with Crippen LogP contribution in [-0.4, -0.2) is 38.3 Å². The predicted octanol–water partition coefficient (Wildman–Crippen LogP) is 0.267. The number of carbonyl (C=O) groups is 1. The number of carbonyl (C=O) groups excluding carboxylic acids is 1. The summed E-state index contributed by atoms with van der Waals surface area (Å²) in [6.45, 7) is 0. The molecule has 0 amide bonds. The van der Waals surface area contributed by atoms with E-state index < -0.39 is 16.2 Å². The minimum atomic E-state index is -3.67. The highest BCUT2D eigenvalue weighted by Gasteiger charge is 2.18. The molecule has 0 saturated heterocycles. The molecule has 0 unspecified atom stereocenters. The van der Waals surface area contributed by atoms with E-state index in [1.54, 1.807) is 0 Å². The minimum absolute atomic E-state index is 0.364. The standard InChI is InChI=1S/C9H13NO2.CH4O3S/c1-12-9(11)8(10)7-5-3-2-4-6-7;1-5(2,3)4/h2-3,6,8H,4-5,10H2,1H3;1H3,(H,2,3,4)/t8-;/m1./s1. The van der Waals surface area contributed by atoms with Crippen LogP contribution in [0.15, 0.2) is 23.8 Å². The number of nitrogens with two attached hydrogens (primary N) is 1. The Morgan fingerprint density at radius 2 is 2.06 bits per heavy atom. The molecule has 17 heavy (non-hydrogen) atoms. The van der Waals surface area contributed by atoms with Gasteiger partial charge in [0, 0.05) is 0 Å². The number of allylic oxidation sites excluding steroid dienone is 3. The van der Waals surface area contributed by atoms with E-state index in [0.717, 1.165) is 18.4 Å². The second-order valence-electron chi connectivity index (χ2n) is 3.42. The number of hydrogen-bond donors (Lipinski definition) is 2. The third kappa shape index (κ3) is 8.61. The average molecular weight is 263 g/mol. The van der Waals surface area contributed by atoms with Crippen LogP contribution in [0.1, 0.15) is 12.8 Å². The Morgan fingerprint density at radius 1 is 1.53 bits per heavy atom. The Bertz CT molecular complexity index is 402. The Labute approximate surface area is 101 Å². The van der Waals surface area contributed by atoms with Crippen molar-refractivity contribution in [3.05, 3.63) is 23.8 Å². The van der Waals surface area contributed by atoms with E-state index in [4.69, 9.17) is 10.3 Å². The highest BCUT2D eigenvalue weighted by Crippen LogP contribution is 2.14. The first kappa shape index (κ1) is 15.8. The van der Waals surface area contributed by atoms with Gasteiger partial charge in [-0.05, 0) is 18.4 Å². The predicted molar refractivity (Wildman–Crippen MR) is 63.9 cm³/mol. The molecule has 3 N–H and O–H groups in total. The van der Waals surface area contributed by atoms with E-state index in [1.807, 2.05) is 18.2 Å². The zero-order valence-electron chi connectivity index (χ0n) is 9.79. The fraction of sp³-hybridized carbons (Fsp3) is 0.500. The molecule has 0 aromatic rings. The largest absolute Gasteiger partial charge is 0.468 e. The van der Waals surface area contributed by atoms with Gasteiger partial charge < -0.3 is 10.5 Å². The normalized spacial score (nSPS) is 16.4. The van der Waals surface area contributed by atoms with E-state index in [-0.39, 0.29) is 5.97 Å². The monoisotopic (exact) mass is 263 g/mol. The summed E-state index contributed by atoms with van der Waals surface area (Å²) in [5.41, 5.74) is 6.57. The van der Waals surface area contributed by atoms with E-state index in [9.17, 15) is 13.2 Å². The molecule has 0 radical (unpaired) electrons. The van der Waals surface area contributed by atoms with E-state index in [0.29, 0.717) is 6.26 Å². The summed E-state index contributed by atoms with van der Waals surface area (Å²) in [4.78, 5) is 11.0. The van der Waals surface area contributed by atoms with Crippen LogP contribution in [0.25, 0.3) is 0 Å². The lowest BCUT2D eigenvalue weighted by atomic mass is 9.99. The molecule has 1 atom stereocenters. The van der Waals surface area contributed by atoms with Crippen LogP contribution < -0.4 is 5.73 Å². The highest BCUT2D eigenvalue weighted by molar-refractivity contribution is 7.85. The molecule has 1 rings (SSSR count). The molecule has 1 aliphatic carbocycles. The van der Waals surface area contributed by atoms with Gasteiger partial charge in [-0.2, -0.15) is 8.42 Å². The molecule has 7 heteroatoms. The molecular weight excluding hydrogens is 246 g/mol. The maximum absolute atomic E-state index is 11.0. The summed E-state index contributed by atoms with van der Waals surface area (Å²) >= 11 is 0. The molecule has 0 spiro atoms. The Hall–Kier alpha value is -1.18. The average Bonchev–Trinajstić information content (AvgIpc) is 2.26. The third-order valence-corrected chi connectivity index (χ3v) is 1.89. The van der Waals surface area contributed by atoms with Crippen molar-refractivity contribution in [2.45, 2.75) is 18.9 Å². The first-order chi connectivity index (χ1) is 7.75. The van der Waals surface area contributed by atoms with Gasteiger partial charge in [0.05, 0.1) is 13.4 Å². The van der Waals surface area contributed by atoms with Crippen molar-refractivity contribution < 1.29 is 22.5 Å². The van der Waals surface area contributed by atoms with Gasteiger partial charge in [-0.25, -0.2) is 0 Å². The van der Waals surface area contributed by atoms with Crippen LogP contribution in [0.2, 0.25) is 0 Å². The smallest absolute Gasteiger partial charge is 0.326 e. The molecular formula is C10H17NO5S. The van der Waals surface area contributed by atoms with Crippen molar-refractivity contribution in [3.63, 3.8) is 0 Å². The Morgan fingerprint density at radius 3 is 2.41 bits per heavy atom. The Kier molecular flexibility index (Phi) is 6.71. The van der Waals surface area contributed by atoms with Crippen molar-refractivity contribution >= 4 is 16.1 Å². The fourth-order valence-electron chi connectivity index (χ4n) is 1.15. The zero-order valence-corrected chi connectivity index (χ0v) is 10.6.